The smallest absolute Gasteiger partial charge is 0.265 e. The predicted octanol–water partition coefficient (Wildman–Crippen LogP) is 5.47. The van der Waals surface area contributed by atoms with Crippen LogP contribution in [0.5, 0.6) is 0 Å². The molecule has 0 amide bonds. The number of nitriles is 1. The summed E-state index contributed by atoms with van der Waals surface area (Å²) in [7, 11) is 2.04. The average molecular weight is 353 g/mol. The zero-order chi connectivity index (χ0) is 19.1. The Balaban J connectivity index is 1.74. The number of hydrogen-bond donors (Lipinski definition) is 0. The van der Waals surface area contributed by atoms with Crippen molar-refractivity contribution in [2.45, 2.75) is 6.42 Å². The average Bonchev–Trinajstić information content (AvgIpc) is 2.74. The minimum atomic E-state index is 0.137. The Morgan fingerprint density at radius 3 is 2.48 bits per heavy atom. The summed E-state index contributed by atoms with van der Waals surface area (Å²) in [4.78, 5) is 5.40. The van der Waals surface area contributed by atoms with Crippen molar-refractivity contribution in [3.05, 3.63) is 101 Å². The molecule has 0 N–H and O–H groups in total. The molecule has 3 rings (SSSR count). The van der Waals surface area contributed by atoms with Gasteiger partial charge in [0.15, 0.2) is 0 Å². The molecule has 0 saturated heterocycles. The Hall–Kier alpha value is -3.76. The van der Waals surface area contributed by atoms with Crippen LogP contribution in [0.1, 0.15) is 12.0 Å². The van der Waals surface area contributed by atoms with E-state index in [1.807, 2.05) is 55.6 Å². The van der Waals surface area contributed by atoms with Crippen LogP contribution >= 0.6 is 0 Å². The number of para-hydroxylation sites is 1. The van der Waals surface area contributed by atoms with Gasteiger partial charge in [0.1, 0.15) is 5.76 Å². The van der Waals surface area contributed by atoms with E-state index < -0.39 is 0 Å². The van der Waals surface area contributed by atoms with Gasteiger partial charge in [-0.05, 0) is 54.0 Å². The Kier molecular flexibility index (Phi) is 5.72. The number of allylic oxidation sites excluding steroid dienone is 3. The molecule has 1 heterocycles. The monoisotopic (exact) mass is 353 g/mol. The molecule has 1 aliphatic heterocycles. The van der Waals surface area contributed by atoms with Crippen molar-refractivity contribution in [3.63, 3.8) is 0 Å². The molecule has 0 fully saturated rings. The van der Waals surface area contributed by atoms with Crippen molar-refractivity contribution < 1.29 is 4.74 Å². The van der Waals surface area contributed by atoms with Crippen molar-refractivity contribution in [2.75, 3.05) is 18.6 Å². The predicted molar refractivity (Wildman–Crippen MR) is 108 cm³/mol. The van der Waals surface area contributed by atoms with Crippen molar-refractivity contribution in [1.29, 1.82) is 5.26 Å². The van der Waals surface area contributed by atoms with Gasteiger partial charge >= 0.3 is 0 Å². The van der Waals surface area contributed by atoms with E-state index in [0.29, 0.717) is 18.8 Å². The number of hydrogen-bond acceptors (Lipinski definition) is 3. The first-order chi connectivity index (χ1) is 13.2. The maximum Gasteiger partial charge on any atom is 0.265 e. The largest absolute Gasteiger partial charge is 0.493 e. The molecule has 0 saturated carbocycles. The zero-order valence-electron chi connectivity index (χ0n) is 15.1. The molecule has 27 heavy (non-hydrogen) atoms. The molecular weight excluding hydrogens is 334 g/mol. The van der Waals surface area contributed by atoms with Crippen LogP contribution in [-0.4, -0.2) is 13.7 Å². The molecule has 132 valence electrons. The second-order valence-electron chi connectivity index (χ2n) is 6.06. The molecule has 0 aliphatic carbocycles. The normalized spacial score (nSPS) is 15.3. The van der Waals surface area contributed by atoms with E-state index in [0.717, 1.165) is 22.5 Å². The summed E-state index contributed by atoms with van der Waals surface area (Å²) < 4.78 is 5.61. The van der Waals surface area contributed by atoms with Crippen LogP contribution in [0.15, 0.2) is 83.8 Å². The topological polar surface area (TPSA) is 40.6 Å². The summed E-state index contributed by atoms with van der Waals surface area (Å²) in [5.74, 6) is 0.665. The summed E-state index contributed by atoms with van der Waals surface area (Å²) in [6.45, 7) is 7.55. The molecule has 0 aromatic heterocycles. The van der Waals surface area contributed by atoms with Gasteiger partial charge in [0.2, 0.25) is 0 Å². The highest BCUT2D eigenvalue weighted by molar-refractivity contribution is 5.65. The lowest BCUT2D eigenvalue weighted by molar-refractivity contribution is 0.219. The number of anilines is 2. The Labute approximate surface area is 159 Å². The van der Waals surface area contributed by atoms with Gasteiger partial charge in [-0.3, -0.25) is 0 Å². The van der Waals surface area contributed by atoms with Crippen molar-refractivity contribution in [1.82, 2.24) is 0 Å². The van der Waals surface area contributed by atoms with Gasteiger partial charge in [-0.2, -0.15) is 0 Å². The van der Waals surface area contributed by atoms with Crippen molar-refractivity contribution in [3.8, 4) is 6.07 Å². The van der Waals surface area contributed by atoms with Gasteiger partial charge in [-0.1, -0.05) is 36.4 Å². The summed E-state index contributed by atoms with van der Waals surface area (Å²) in [6, 6.07) is 20.4. The molecule has 0 spiro atoms. The second-order valence-corrected chi connectivity index (χ2v) is 6.06. The van der Waals surface area contributed by atoms with Crippen LogP contribution in [-0.2, 0) is 4.74 Å². The van der Waals surface area contributed by atoms with Gasteiger partial charge < -0.3 is 9.64 Å². The molecule has 1 aliphatic rings. The molecule has 2 aromatic rings. The van der Waals surface area contributed by atoms with Crippen LogP contribution in [0.4, 0.5) is 11.4 Å². The first kappa shape index (κ1) is 18.0. The highest BCUT2D eigenvalue weighted by atomic mass is 16.5. The lowest BCUT2D eigenvalue weighted by Gasteiger charge is -2.19. The fourth-order valence-corrected chi connectivity index (χ4v) is 2.80. The fraction of sp³-hybridized carbons (Fsp3) is 0.130. The highest BCUT2D eigenvalue weighted by Crippen LogP contribution is 2.24. The molecule has 4 nitrogen and oxygen atoms in total. The van der Waals surface area contributed by atoms with Gasteiger partial charge in [-0.25, -0.2) is 10.1 Å². The summed E-state index contributed by atoms with van der Waals surface area (Å²) in [5, 5.41) is 9.01. The Morgan fingerprint density at radius 1 is 1.11 bits per heavy atom. The molecule has 0 radical (unpaired) electrons. The van der Waals surface area contributed by atoms with Crippen LogP contribution < -0.4 is 4.90 Å². The summed E-state index contributed by atoms with van der Waals surface area (Å²) in [6.07, 6.45) is 6.19. The molecule has 0 bridgehead atoms. The highest BCUT2D eigenvalue weighted by Gasteiger charge is 2.11. The summed E-state index contributed by atoms with van der Waals surface area (Å²) in [5.41, 5.74) is 4.16. The van der Waals surface area contributed by atoms with Crippen molar-refractivity contribution >= 4 is 17.5 Å². The Bertz CT molecular complexity index is 955. The van der Waals surface area contributed by atoms with E-state index in [1.165, 1.54) is 0 Å². The lowest BCUT2D eigenvalue weighted by atomic mass is 10.1. The minimum Gasteiger partial charge on any atom is -0.493 e. The van der Waals surface area contributed by atoms with Gasteiger partial charge in [0.05, 0.1) is 19.2 Å². The second kappa shape index (κ2) is 8.56. The third kappa shape index (κ3) is 4.45. The molecule has 2 aromatic carbocycles. The van der Waals surface area contributed by atoms with E-state index in [4.69, 9.17) is 16.6 Å². The van der Waals surface area contributed by atoms with Crippen LogP contribution in [0.2, 0.25) is 0 Å². The van der Waals surface area contributed by atoms with E-state index in [1.54, 1.807) is 6.08 Å². The van der Waals surface area contributed by atoms with Crippen LogP contribution in [0.25, 0.3) is 10.9 Å². The molecule has 0 unspecified atom stereocenters. The number of ether oxygens (including phenoxy) is 1. The lowest BCUT2D eigenvalue weighted by Crippen LogP contribution is -2.08. The first-order valence-electron chi connectivity index (χ1n) is 8.63. The Morgan fingerprint density at radius 2 is 1.81 bits per heavy atom. The molecule has 0 atom stereocenters. The third-order valence-corrected chi connectivity index (χ3v) is 4.34. The quantitative estimate of drug-likeness (QED) is 0.541. The molecular formula is C23H19N3O. The minimum absolute atomic E-state index is 0.137. The van der Waals surface area contributed by atoms with Crippen LogP contribution in [0.3, 0.4) is 0 Å². The number of benzene rings is 2. The van der Waals surface area contributed by atoms with Gasteiger partial charge in [-0.15, -0.1) is 0 Å². The van der Waals surface area contributed by atoms with E-state index in [-0.39, 0.29) is 5.70 Å². The first-order valence-corrected chi connectivity index (χ1v) is 8.63. The standard InChI is InChI=1S/C23H19N3O/c1-25-23(17-24)19-14-15-27-22(16-19)13-10-18-8-11-21(12-9-18)26(2)20-6-4-3-5-7-20/h3-13,16H,14-15H2,2H3. The summed E-state index contributed by atoms with van der Waals surface area (Å²) >= 11 is 0. The van der Waals surface area contributed by atoms with Crippen LogP contribution in [0, 0.1) is 17.9 Å². The van der Waals surface area contributed by atoms with Crippen molar-refractivity contribution in [2.24, 2.45) is 0 Å². The van der Waals surface area contributed by atoms with E-state index in [9.17, 15) is 0 Å². The van der Waals surface area contributed by atoms with E-state index in [2.05, 4.69) is 34.0 Å². The molecule has 4 heteroatoms. The van der Waals surface area contributed by atoms with Gasteiger partial charge in [0, 0.05) is 18.4 Å². The maximum atomic E-state index is 9.01. The SMILES string of the molecule is [C-]#[N+]C(C#N)=C1C=C(C=Cc2ccc(N(C)c3ccccc3)cc2)OCC1. The van der Waals surface area contributed by atoms with E-state index >= 15 is 0 Å². The number of nitrogens with zero attached hydrogens (tertiary/aromatic N) is 3. The fourth-order valence-electron chi connectivity index (χ4n) is 2.80. The maximum absolute atomic E-state index is 9.01. The number of rotatable bonds is 4. The third-order valence-electron chi connectivity index (χ3n) is 4.34. The zero-order valence-corrected chi connectivity index (χ0v) is 15.1. The van der Waals surface area contributed by atoms with Gasteiger partial charge in [0.25, 0.3) is 5.70 Å².